The van der Waals surface area contributed by atoms with Crippen molar-refractivity contribution in [2.45, 2.75) is 34.3 Å². The fourth-order valence-electron chi connectivity index (χ4n) is 2.94. The summed E-state index contributed by atoms with van der Waals surface area (Å²) in [5.74, 6) is 0.407. The highest BCUT2D eigenvalue weighted by Crippen LogP contribution is 2.24. The number of rotatable bonds is 4. The Morgan fingerprint density at radius 3 is 2.44 bits per heavy atom. The van der Waals surface area contributed by atoms with Crippen molar-refractivity contribution in [3.8, 4) is 0 Å². The van der Waals surface area contributed by atoms with E-state index >= 15 is 0 Å². The number of benzene rings is 1. The van der Waals surface area contributed by atoms with E-state index in [1.165, 1.54) is 13.0 Å². The first-order valence-corrected chi connectivity index (χ1v) is 8.34. The number of furan rings is 1. The van der Waals surface area contributed by atoms with Crippen LogP contribution in [0.5, 0.6) is 0 Å². The highest BCUT2D eigenvalue weighted by Gasteiger charge is 2.20. The Morgan fingerprint density at radius 1 is 1.07 bits per heavy atom. The molecule has 0 spiro atoms. The first kappa shape index (κ1) is 18.4. The number of fused-ring (bicyclic) bond motifs is 1. The lowest BCUT2D eigenvalue weighted by Gasteiger charge is -2.09. The van der Waals surface area contributed by atoms with Gasteiger partial charge in [-0.3, -0.25) is 4.79 Å². The van der Waals surface area contributed by atoms with E-state index in [1.54, 1.807) is 39.0 Å². The zero-order valence-corrected chi connectivity index (χ0v) is 15.5. The molecule has 7 nitrogen and oxygen atoms in total. The summed E-state index contributed by atoms with van der Waals surface area (Å²) in [6.45, 7) is 6.56. The van der Waals surface area contributed by atoms with Crippen LogP contribution in [0.15, 0.2) is 37.9 Å². The second kappa shape index (κ2) is 7.11. The van der Waals surface area contributed by atoms with Gasteiger partial charge in [-0.2, -0.15) is 0 Å². The molecule has 0 radical (unpaired) electrons. The van der Waals surface area contributed by atoms with Crippen LogP contribution in [0.2, 0.25) is 0 Å². The van der Waals surface area contributed by atoms with Crippen LogP contribution >= 0.6 is 0 Å². The highest BCUT2D eigenvalue weighted by molar-refractivity contribution is 5.93. The second-order valence-electron chi connectivity index (χ2n) is 6.27. The van der Waals surface area contributed by atoms with Crippen LogP contribution in [-0.2, 0) is 16.1 Å². The van der Waals surface area contributed by atoms with Crippen LogP contribution in [0.4, 0.5) is 5.69 Å². The van der Waals surface area contributed by atoms with E-state index < -0.39 is 11.6 Å². The van der Waals surface area contributed by atoms with Crippen molar-refractivity contribution in [1.29, 1.82) is 0 Å². The molecule has 1 N–H and O–H groups in total. The number of nitrogens with one attached hydrogen (secondary N) is 1. The highest BCUT2D eigenvalue weighted by atomic mass is 16.5. The van der Waals surface area contributed by atoms with Crippen LogP contribution < -0.4 is 10.9 Å². The van der Waals surface area contributed by atoms with Gasteiger partial charge < -0.3 is 18.9 Å². The van der Waals surface area contributed by atoms with Crippen LogP contribution in [0, 0.1) is 20.8 Å². The van der Waals surface area contributed by atoms with Gasteiger partial charge in [0.15, 0.2) is 0 Å². The maximum atomic E-state index is 12.4. The number of esters is 1. The van der Waals surface area contributed by atoms with Gasteiger partial charge in [0.1, 0.15) is 29.3 Å². The minimum Gasteiger partial charge on any atom is -0.465 e. The minimum absolute atomic E-state index is 0.0937. The molecule has 3 rings (SSSR count). The molecule has 0 unspecified atom stereocenters. The molecule has 0 aliphatic rings. The summed E-state index contributed by atoms with van der Waals surface area (Å²) in [4.78, 5) is 35.5. The zero-order chi connectivity index (χ0) is 19.7. The lowest BCUT2D eigenvalue weighted by molar-refractivity contribution is -0.114. The molecule has 1 aromatic carbocycles. The van der Waals surface area contributed by atoms with Crippen LogP contribution in [0.25, 0.3) is 11.0 Å². The number of anilines is 1. The van der Waals surface area contributed by atoms with Crippen molar-refractivity contribution in [3.05, 3.63) is 62.9 Å². The molecule has 1 amide bonds. The van der Waals surface area contributed by atoms with E-state index in [1.807, 2.05) is 0 Å². The van der Waals surface area contributed by atoms with E-state index in [0.29, 0.717) is 39.3 Å². The second-order valence-corrected chi connectivity index (χ2v) is 6.27. The Balaban J connectivity index is 1.89. The largest absolute Gasteiger partial charge is 0.465 e. The Bertz CT molecular complexity index is 1110. The summed E-state index contributed by atoms with van der Waals surface area (Å²) in [6, 6.07) is 6.22. The van der Waals surface area contributed by atoms with Crippen molar-refractivity contribution in [2.75, 3.05) is 5.32 Å². The number of carbonyl (C=O) groups is 2. The summed E-state index contributed by atoms with van der Waals surface area (Å²) in [7, 11) is 0. The fourth-order valence-corrected chi connectivity index (χ4v) is 2.94. The van der Waals surface area contributed by atoms with Gasteiger partial charge in [-0.15, -0.1) is 0 Å². The number of hydrogen-bond acceptors (Lipinski definition) is 6. The van der Waals surface area contributed by atoms with Crippen molar-refractivity contribution in [1.82, 2.24) is 0 Å². The molecule has 3 aromatic rings. The van der Waals surface area contributed by atoms with Gasteiger partial charge in [0, 0.05) is 41.3 Å². The molecule has 7 heteroatoms. The van der Waals surface area contributed by atoms with Gasteiger partial charge in [-0.25, -0.2) is 9.59 Å². The van der Waals surface area contributed by atoms with Crippen molar-refractivity contribution < 1.29 is 23.2 Å². The smallest absolute Gasteiger partial charge is 0.342 e. The lowest BCUT2D eigenvalue weighted by Crippen LogP contribution is -2.10. The summed E-state index contributed by atoms with van der Waals surface area (Å²) < 4.78 is 16.0. The van der Waals surface area contributed by atoms with E-state index in [9.17, 15) is 14.4 Å². The Labute approximate surface area is 154 Å². The molecule has 0 bridgehead atoms. The van der Waals surface area contributed by atoms with E-state index in [-0.39, 0.29) is 12.5 Å². The third kappa shape index (κ3) is 3.76. The average Bonchev–Trinajstić information content (AvgIpc) is 2.83. The van der Waals surface area contributed by atoms with Gasteiger partial charge >= 0.3 is 11.6 Å². The summed E-state index contributed by atoms with van der Waals surface area (Å²) in [5.41, 5.74) is 1.88. The van der Waals surface area contributed by atoms with Crippen LogP contribution in [-0.4, -0.2) is 11.9 Å². The van der Waals surface area contributed by atoms with E-state index in [0.717, 1.165) is 5.56 Å². The molecule has 0 fully saturated rings. The van der Waals surface area contributed by atoms with Crippen molar-refractivity contribution >= 4 is 28.5 Å². The standard InChI is InChI=1S/C20H19NO6/c1-10-11(2)26-12(3)19(10)20(24)25-9-14-7-18(23)27-17-8-15(21-13(4)22)5-6-16(14)17/h5-8H,9H2,1-4H3,(H,21,22). The molecule has 27 heavy (non-hydrogen) atoms. The molecule has 2 aromatic heterocycles. The first-order chi connectivity index (χ1) is 12.8. The molecule has 2 heterocycles. The summed E-state index contributed by atoms with van der Waals surface area (Å²) in [6.07, 6.45) is 0. The SMILES string of the molecule is CC(=O)Nc1ccc2c(COC(=O)c3c(C)oc(C)c3C)cc(=O)oc2c1. The van der Waals surface area contributed by atoms with Gasteiger partial charge in [-0.1, -0.05) is 0 Å². The van der Waals surface area contributed by atoms with Gasteiger partial charge in [0.25, 0.3) is 0 Å². The van der Waals surface area contributed by atoms with Crippen molar-refractivity contribution in [3.63, 3.8) is 0 Å². The maximum absolute atomic E-state index is 12.4. The lowest BCUT2D eigenvalue weighted by atomic mass is 10.1. The molecule has 0 aliphatic heterocycles. The molecule has 140 valence electrons. The average molecular weight is 369 g/mol. The maximum Gasteiger partial charge on any atom is 0.342 e. The zero-order valence-electron chi connectivity index (χ0n) is 15.5. The van der Waals surface area contributed by atoms with Crippen LogP contribution in [0.3, 0.4) is 0 Å². The van der Waals surface area contributed by atoms with Crippen LogP contribution in [0.1, 0.15) is 39.9 Å². The third-order valence-corrected chi connectivity index (χ3v) is 4.27. The third-order valence-electron chi connectivity index (χ3n) is 4.27. The summed E-state index contributed by atoms with van der Waals surface area (Å²) in [5, 5.41) is 3.24. The molecular weight excluding hydrogens is 350 g/mol. The molecular formula is C20H19NO6. The Kier molecular flexibility index (Phi) is 4.85. The minimum atomic E-state index is -0.569. The molecule has 0 aliphatic carbocycles. The topological polar surface area (TPSA) is 98.7 Å². The van der Waals surface area contributed by atoms with Gasteiger partial charge in [-0.05, 0) is 32.9 Å². The van der Waals surface area contributed by atoms with Gasteiger partial charge in [0.05, 0.1) is 0 Å². The Hall–Kier alpha value is -3.35. The quantitative estimate of drug-likeness (QED) is 0.557. The summed E-state index contributed by atoms with van der Waals surface area (Å²) >= 11 is 0. The van der Waals surface area contributed by atoms with E-state index in [4.69, 9.17) is 13.6 Å². The molecule has 0 saturated heterocycles. The van der Waals surface area contributed by atoms with E-state index in [2.05, 4.69) is 5.32 Å². The molecule has 0 saturated carbocycles. The molecule has 0 atom stereocenters. The number of carbonyl (C=O) groups excluding carboxylic acids is 2. The normalized spacial score (nSPS) is 10.8. The number of hydrogen-bond donors (Lipinski definition) is 1. The Morgan fingerprint density at radius 2 is 1.81 bits per heavy atom. The first-order valence-electron chi connectivity index (χ1n) is 8.34. The van der Waals surface area contributed by atoms with Gasteiger partial charge in [0.2, 0.25) is 5.91 Å². The predicted octanol–water partition coefficient (Wildman–Crippen LogP) is 3.63. The number of ether oxygens (including phenoxy) is 1. The number of amides is 1. The predicted molar refractivity (Wildman–Crippen MR) is 98.8 cm³/mol. The number of aryl methyl sites for hydroxylation is 2. The van der Waals surface area contributed by atoms with Crippen molar-refractivity contribution in [2.24, 2.45) is 0 Å². The fraction of sp³-hybridized carbons (Fsp3) is 0.250. The monoisotopic (exact) mass is 369 g/mol.